The summed E-state index contributed by atoms with van der Waals surface area (Å²) in [6, 6.07) is 8.04. The topological polar surface area (TPSA) is 55.5 Å². The Morgan fingerprint density at radius 1 is 1.31 bits per heavy atom. The van der Waals surface area contributed by atoms with E-state index in [0.717, 1.165) is 12.2 Å². The maximum absolute atomic E-state index is 8.98. The fourth-order valence-electron chi connectivity index (χ4n) is 1.30. The molecule has 3 N–H and O–H groups in total. The van der Waals surface area contributed by atoms with Crippen LogP contribution in [0.4, 0.5) is 0 Å². The Hall–Kier alpha value is -1.06. The second-order valence-corrected chi connectivity index (χ2v) is 4.41. The zero-order valence-electron chi connectivity index (χ0n) is 10.1. The third-order valence-electron chi connectivity index (χ3n) is 2.63. The first-order valence-corrected chi connectivity index (χ1v) is 5.69. The number of aryl methyl sites for hydroxylation is 1. The Labute approximate surface area is 97.2 Å². The highest BCUT2D eigenvalue weighted by Gasteiger charge is 2.16. The molecule has 0 saturated heterocycles. The molecule has 0 fully saturated rings. The van der Waals surface area contributed by atoms with Gasteiger partial charge in [0.05, 0.1) is 13.2 Å². The molecule has 1 aromatic carbocycles. The number of benzene rings is 1. The summed E-state index contributed by atoms with van der Waals surface area (Å²) in [7, 11) is 0. The zero-order valence-corrected chi connectivity index (χ0v) is 10.1. The molecule has 3 heteroatoms. The van der Waals surface area contributed by atoms with Crippen molar-refractivity contribution in [3.8, 4) is 5.75 Å². The third-order valence-corrected chi connectivity index (χ3v) is 2.63. The summed E-state index contributed by atoms with van der Waals surface area (Å²) in [6.07, 6.45) is 1.67. The van der Waals surface area contributed by atoms with Gasteiger partial charge in [0.1, 0.15) is 5.75 Å². The number of rotatable bonds is 6. The van der Waals surface area contributed by atoms with Crippen LogP contribution in [-0.4, -0.2) is 23.9 Å². The summed E-state index contributed by atoms with van der Waals surface area (Å²) in [4.78, 5) is 0. The van der Waals surface area contributed by atoms with E-state index in [1.807, 2.05) is 19.1 Å². The van der Waals surface area contributed by atoms with Crippen LogP contribution in [0, 0.1) is 0 Å². The lowest BCUT2D eigenvalue weighted by Crippen LogP contribution is -2.41. The van der Waals surface area contributed by atoms with Crippen LogP contribution in [0.1, 0.15) is 25.8 Å². The average molecular weight is 223 g/mol. The van der Waals surface area contributed by atoms with Gasteiger partial charge in [-0.15, -0.1) is 0 Å². The van der Waals surface area contributed by atoms with Crippen LogP contribution in [0.2, 0.25) is 0 Å². The van der Waals surface area contributed by atoms with E-state index in [2.05, 4.69) is 19.1 Å². The lowest BCUT2D eigenvalue weighted by atomic mass is 10.0. The van der Waals surface area contributed by atoms with Crippen LogP contribution >= 0.6 is 0 Å². The molecule has 3 nitrogen and oxygen atoms in total. The van der Waals surface area contributed by atoms with Gasteiger partial charge in [0.15, 0.2) is 0 Å². The fraction of sp³-hybridized carbons (Fsp3) is 0.538. The summed E-state index contributed by atoms with van der Waals surface area (Å²) in [5, 5.41) is 8.98. The molecule has 0 heterocycles. The maximum Gasteiger partial charge on any atom is 0.119 e. The van der Waals surface area contributed by atoms with E-state index < -0.39 is 5.54 Å². The van der Waals surface area contributed by atoms with Gasteiger partial charge in [-0.05, 0) is 31.0 Å². The van der Waals surface area contributed by atoms with Crippen LogP contribution < -0.4 is 10.5 Å². The molecule has 0 aromatic heterocycles. The number of aliphatic hydroxyl groups is 1. The molecule has 90 valence electrons. The zero-order chi connectivity index (χ0) is 12.0. The molecular formula is C13H21NO2. The normalized spacial score (nSPS) is 14.5. The van der Waals surface area contributed by atoms with Gasteiger partial charge >= 0.3 is 0 Å². The molecule has 0 aliphatic heterocycles. The van der Waals surface area contributed by atoms with Crippen LogP contribution in [0.3, 0.4) is 0 Å². The number of aliphatic hydroxyl groups excluding tert-OH is 1. The van der Waals surface area contributed by atoms with Crippen molar-refractivity contribution in [3.63, 3.8) is 0 Å². The lowest BCUT2D eigenvalue weighted by molar-refractivity contribution is 0.175. The van der Waals surface area contributed by atoms with Crippen LogP contribution in [0.25, 0.3) is 0 Å². The molecule has 1 rings (SSSR count). The molecule has 0 saturated carbocycles. The predicted molar refractivity (Wildman–Crippen MR) is 65.6 cm³/mol. The van der Waals surface area contributed by atoms with Gasteiger partial charge in [0.2, 0.25) is 0 Å². The summed E-state index contributed by atoms with van der Waals surface area (Å²) in [5.41, 5.74) is 6.54. The Morgan fingerprint density at radius 2 is 1.94 bits per heavy atom. The molecule has 0 spiro atoms. The minimum Gasteiger partial charge on any atom is -0.494 e. The van der Waals surface area contributed by atoms with Crippen molar-refractivity contribution in [1.29, 1.82) is 0 Å². The fourth-order valence-corrected chi connectivity index (χ4v) is 1.30. The minimum atomic E-state index is -0.552. The number of hydrogen-bond donors (Lipinski definition) is 2. The first-order chi connectivity index (χ1) is 7.57. The van der Waals surface area contributed by atoms with Crippen LogP contribution in [0.15, 0.2) is 24.3 Å². The smallest absolute Gasteiger partial charge is 0.119 e. The third kappa shape index (κ3) is 4.21. The lowest BCUT2D eigenvalue weighted by Gasteiger charge is -2.21. The van der Waals surface area contributed by atoms with Crippen LogP contribution in [0.5, 0.6) is 5.75 Å². The van der Waals surface area contributed by atoms with Gasteiger partial charge in [-0.3, -0.25) is 0 Å². The SMILES string of the molecule is CCc1ccc(OCCC(C)(N)CO)cc1. The summed E-state index contributed by atoms with van der Waals surface area (Å²) < 4.78 is 5.55. The first kappa shape index (κ1) is 13.0. The van der Waals surface area contributed by atoms with Gasteiger partial charge in [-0.2, -0.15) is 0 Å². The van der Waals surface area contributed by atoms with Crippen molar-refractivity contribution in [1.82, 2.24) is 0 Å². The van der Waals surface area contributed by atoms with E-state index in [-0.39, 0.29) is 6.61 Å². The Morgan fingerprint density at radius 3 is 2.44 bits per heavy atom. The summed E-state index contributed by atoms with van der Waals surface area (Å²) in [6.45, 7) is 4.44. The molecule has 16 heavy (non-hydrogen) atoms. The molecule has 0 amide bonds. The van der Waals surface area contributed by atoms with Gasteiger partial charge in [0, 0.05) is 12.0 Å². The van der Waals surface area contributed by atoms with E-state index in [4.69, 9.17) is 15.6 Å². The maximum atomic E-state index is 8.98. The quantitative estimate of drug-likeness (QED) is 0.772. The molecule has 1 atom stereocenters. The standard InChI is InChI=1S/C13H21NO2/c1-3-11-4-6-12(7-5-11)16-9-8-13(2,14)10-15/h4-7,15H,3,8-10,14H2,1-2H3. The minimum absolute atomic E-state index is 0.0227. The highest BCUT2D eigenvalue weighted by atomic mass is 16.5. The largest absolute Gasteiger partial charge is 0.494 e. The summed E-state index contributed by atoms with van der Waals surface area (Å²) in [5.74, 6) is 0.853. The molecular weight excluding hydrogens is 202 g/mol. The molecule has 0 bridgehead atoms. The molecule has 0 aliphatic carbocycles. The molecule has 1 unspecified atom stereocenters. The van der Waals surface area contributed by atoms with Gasteiger partial charge in [0.25, 0.3) is 0 Å². The van der Waals surface area contributed by atoms with Gasteiger partial charge in [-0.1, -0.05) is 19.1 Å². The van der Waals surface area contributed by atoms with E-state index >= 15 is 0 Å². The number of ether oxygens (including phenoxy) is 1. The van der Waals surface area contributed by atoms with Crippen molar-refractivity contribution in [3.05, 3.63) is 29.8 Å². The Kier molecular flexibility index (Phi) is 4.77. The monoisotopic (exact) mass is 223 g/mol. The molecule has 0 aliphatic rings. The first-order valence-electron chi connectivity index (χ1n) is 5.69. The van der Waals surface area contributed by atoms with E-state index in [1.54, 1.807) is 0 Å². The van der Waals surface area contributed by atoms with E-state index in [0.29, 0.717) is 13.0 Å². The van der Waals surface area contributed by atoms with Crippen molar-refractivity contribution >= 4 is 0 Å². The molecule has 0 radical (unpaired) electrons. The van der Waals surface area contributed by atoms with Gasteiger partial charge < -0.3 is 15.6 Å². The predicted octanol–water partition coefficient (Wildman–Crippen LogP) is 1.73. The van der Waals surface area contributed by atoms with Crippen molar-refractivity contribution in [2.75, 3.05) is 13.2 Å². The number of hydrogen-bond acceptors (Lipinski definition) is 3. The summed E-state index contributed by atoms with van der Waals surface area (Å²) >= 11 is 0. The highest BCUT2D eigenvalue weighted by Crippen LogP contribution is 2.14. The van der Waals surface area contributed by atoms with Crippen molar-refractivity contribution in [2.24, 2.45) is 5.73 Å². The van der Waals surface area contributed by atoms with Crippen molar-refractivity contribution < 1.29 is 9.84 Å². The average Bonchev–Trinajstić information content (AvgIpc) is 2.30. The second-order valence-electron chi connectivity index (χ2n) is 4.41. The Bertz CT molecular complexity index is 306. The van der Waals surface area contributed by atoms with Gasteiger partial charge in [-0.25, -0.2) is 0 Å². The van der Waals surface area contributed by atoms with Crippen molar-refractivity contribution in [2.45, 2.75) is 32.2 Å². The number of nitrogens with two attached hydrogens (primary N) is 1. The Balaban J connectivity index is 2.37. The second kappa shape index (κ2) is 5.87. The van der Waals surface area contributed by atoms with Crippen LogP contribution in [-0.2, 0) is 6.42 Å². The molecule has 1 aromatic rings. The van der Waals surface area contributed by atoms with E-state index in [9.17, 15) is 0 Å². The van der Waals surface area contributed by atoms with E-state index in [1.165, 1.54) is 5.56 Å². The highest BCUT2D eigenvalue weighted by molar-refractivity contribution is 5.27.